The van der Waals surface area contributed by atoms with E-state index in [-0.39, 0.29) is 17.6 Å². The first-order valence-electron chi connectivity index (χ1n) is 8.99. The number of carbonyl (C=O) groups is 1. The highest BCUT2D eigenvalue weighted by Gasteiger charge is 2.25. The maximum atomic E-state index is 13.3. The lowest BCUT2D eigenvalue weighted by Gasteiger charge is -2.32. The van der Waals surface area contributed by atoms with Gasteiger partial charge in [-0.3, -0.25) is 9.36 Å². The molecule has 2 heterocycles. The van der Waals surface area contributed by atoms with Crippen molar-refractivity contribution in [2.24, 2.45) is 0 Å². The average molecular weight is 401 g/mol. The molecule has 0 atom stereocenters. The number of likely N-dealkylation sites (tertiary alicyclic amines) is 1. The Labute approximate surface area is 165 Å². The summed E-state index contributed by atoms with van der Waals surface area (Å²) in [5.41, 5.74) is 0.841. The molecule has 0 bridgehead atoms. The van der Waals surface area contributed by atoms with Crippen LogP contribution in [-0.2, 0) is 0 Å². The van der Waals surface area contributed by atoms with Gasteiger partial charge in [0.1, 0.15) is 5.82 Å². The van der Waals surface area contributed by atoms with E-state index in [1.807, 2.05) is 0 Å². The van der Waals surface area contributed by atoms with Crippen LogP contribution in [-0.4, -0.2) is 33.6 Å². The molecule has 6 nitrogen and oxygen atoms in total. The number of urea groups is 1. The number of piperidine rings is 1. The van der Waals surface area contributed by atoms with Gasteiger partial charge in [-0.2, -0.15) is 0 Å². The van der Waals surface area contributed by atoms with E-state index in [0.29, 0.717) is 47.5 Å². The van der Waals surface area contributed by atoms with Gasteiger partial charge in [-0.05, 0) is 49.2 Å². The van der Waals surface area contributed by atoms with Crippen molar-refractivity contribution in [1.82, 2.24) is 14.5 Å². The van der Waals surface area contributed by atoms with Crippen molar-refractivity contribution in [1.29, 1.82) is 0 Å². The van der Waals surface area contributed by atoms with Crippen LogP contribution in [0, 0.1) is 5.82 Å². The summed E-state index contributed by atoms with van der Waals surface area (Å²) >= 11 is 5.85. The minimum atomic E-state index is -0.419. The van der Waals surface area contributed by atoms with Gasteiger partial charge in [0.15, 0.2) is 0 Å². The second kappa shape index (κ2) is 7.59. The molecule has 1 aliphatic rings. The fourth-order valence-electron chi connectivity index (χ4n) is 3.45. The summed E-state index contributed by atoms with van der Waals surface area (Å²) in [4.78, 5) is 31.1. The van der Waals surface area contributed by atoms with Crippen molar-refractivity contribution in [3.8, 4) is 0 Å². The largest absolute Gasteiger partial charge is 0.324 e. The third-order valence-electron chi connectivity index (χ3n) is 4.99. The first-order valence-corrected chi connectivity index (χ1v) is 9.37. The summed E-state index contributed by atoms with van der Waals surface area (Å²) in [5, 5.41) is 3.85. The maximum absolute atomic E-state index is 13.3. The standard InChI is InChI=1S/C20H18ClFN4O2/c21-13-1-4-15(5-2-13)24-20(28)25-9-7-16(8-10-25)26-12-23-18-11-14(22)3-6-17(18)19(26)27/h1-6,11-12,16H,7-10H2,(H,24,28). The van der Waals surface area contributed by atoms with Crippen LogP contribution in [0.15, 0.2) is 53.6 Å². The molecule has 0 saturated carbocycles. The van der Waals surface area contributed by atoms with E-state index in [1.54, 1.807) is 33.7 Å². The summed E-state index contributed by atoms with van der Waals surface area (Å²) in [5.74, 6) is -0.419. The lowest BCUT2D eigenvalue weighted by molar-refractivity contribution is 0.182. The van der Waals surface area contributed by atoms with Gasteiger partial charge < -0.3 is 10.2 Å². The van der Waals surface area contributed by atoms with Crippen LogP contribution in [0.25, 0.3) is 10.9 Å². The number of rotatable bonds is 2. The topological polar surface area (TPSA) is 67.2 Å². The Morgan fingerprint density at radius 1 is 1.14 bits per heavy atom. The van der Waals surface area contributed by atoms with Crippen LogP contribution in [0.3, 0.4) is 0 Å². The van der Waals surface area contributed by atoms with E-state index >= 15 is 0 Å². The van der Waals surface area contributed by atoms with Crippen LogP contribution in [0.4, 0.5) is 14.9 Å². The molecular weight excluding hydrogens is 383 g/mol. The Hall–Kier alpha value is -2.93. The van der Waals surface area contributed by atoms with Gasteiger partial charge in [0.2, 0.25) is 0 Å². The van der Waals surface area contributed by atoms with Gasteiger partial charge in [-0.1, -0.05) is 11.6 Å². The van der Waals surface area contributed by atoms with E-state index < -0.39 is 5.82 Å². The Morgan fingerprint density at radius 2 is 1.86 bits per heavy atom. The lowest BCUT2D eigenvalue weighted by Crippen LogP contribution is -2.42. The summed E-state index contributed by atoms with van der Waals surface area (Å²) < 4.78 is 14.9. The molecule has 8 heteroatoms. The van der Waals surface area contributed by atoms with Gasteiger partial charge in [0, 0.05) is 35.9 Å². The number of carbonyl (C=O) groups excluding carboxylic acids is 1. The van der Waals surface area contributed by atoms with Crippen LogP contribution in [0.1, 0.15) is 18.9 Å². The Bertz CT molecular complexity index is 1080. The van der Waals surface area contributed by atoms with Crippen molar-refractivity contribution in [2.45, 2.75) is 18.9 Å². The van der Waals surface area contributed by atoms with Crippen molar-refractivity contribution < 1.29 is 9.18 Å². The van der Waals surface area contributed by atoms with E-state index in [0.717, 1.165) is 0 Å². The Balaban J connectivity index is 1.44. The van der Waals surface area contributed by atoms with E-state index in [9.17, 15) is 14.0 Å². The molecule has 1 aliphatic heterocycles. The van der Waals surface area contributed by atoms with E-state index in [2.05, 4.69) is 10.3 Å². The quantitative estimate of drug-likeness (QED) is 0.705. The number of nitrogens with one attached hydrogen (secondary N) is 1. The monoisotopic (exact) mass is 400 g/mol. The molecule has 3 aromatic rings. The number of benzene rings is 2. The first-order chi connectivity index (χ1) is 13.5. The van der Waals surface area contributed by atoms with E-state index in [1.165, 1.54) is 24.5 Å². The molecule has 1 N–H and O–H groups in total. The summed E-state index contributed by atoms with van der Waals surface area (Å²) in [7, 11) is 0. The number of halogens is 2. The van der Waals surface area contributed by atoms with E-state index in [4.69, 9.17) is 11.6 Å². The normalized spacial score (nSPS) is 15.0. The fourth-order valence-corrected chi connectivity index (χ4v) is 3.58. The number of nitrogens with zero attached hydrogens (tertiary/aromatic N) is 3. The van der Waals surface area contributed by atoms with Crippen LogP contribution in [0.5, 0.6) is 0 Å². The van der Waals surface area contributed by atoms with Gasteiger partial charge >= 0.3 is 6.03 Å². The predicted octanol–water partition coefficient (Wildman–Crippen LogP) is 4.06. The summed E-state index contributed by atoms with van der Waals surface area (Å²) in [6, 6.07) is 10.7. The average Bonchev–Trinajstić information content (AvgIpc) is 2.70. The van der Waals surface area contributed by atoms with Crippen LogP contribution >= 0.6 is 11.6 Å². The number of hydrogen-bond acceptors (Lipinski definition) is 3. The minimum Gasteiger partial charge on any atom is -0.324 e. The Kier molecular flexibility index (Phi) is 5.00. The van der Waals surface area contributed by atoms with Gasteiger partial charge in [-0.15, -0.1) is 0 Å². The molecule has 1 aromatic heterocycles. The maximum Gasteiger partial charge on any atom is 0.321 e. The first kappa shape index (κ1) is 18.4. The van der Waals surface area contributed by atoms with Crippen molar-refractivity contribution >= 4 is 34.2 Å². The lowest BCUT2D eigenvalue weighted by atomic mass is 10.0. The number of hydrogen-bond donors (Lipinski definition) is 1. The van der Waals surface area contributed by atoms with Gasteiger partial charge in [0.05, 0.1) is 17.2 Å². The molecule has 28 heavy (non-hydrogen) atoms. The third-order valence-corrected chi connectivity index (χ3v) is 5.24. The van der Waals surface area contributed by atoms with Crippen molar-refractivity contribution in [3.63, 3.8) is 0 Å². The number of amides is 2. The second-order valence-electron chi connectivity index (χ2n) is 6.77. The number of aromatic nitrogens is 2. The molecule has 0 aliphatic carbocycles. The Morgan fingerprint density at radius 3 is 2.57 bits per heavy atom. The van der Waals surface area contributed by atoms with Crippen molar-refractivity contribution in [2.75, 3.05) is 18.4 Å². The fraction of sp³-hybridized carbons (Fsp3) is 0.250. The molecule has 1 fully saturated rings. The molecule has 0 spiro atoms. The smallest absolute Gasteiger partial charge is 0.321 e. The molecule has 1 saturated heterocycles. The highest BCUT2D eigenvalue weighted by atomic mass is 35.5. The molecule has 2 amide bonds. The highest BCUT2D eigenvalue weighted by Crippen LogP contribution is 2.23. The summed E-state index contributed by atoms with van der Waals surface area (Å²) in [6.07, 6.45) is 2.75. The third kappa shape index (κ3) is 3.71. The molecule has 2 aromatic carbocycles. The SMILES string of the molecule is O=C(Nc1ccc(Cl)cc1)N1CCC(n2cnc3cc(F)ccc3c2=O)CC1. The van der Waals surface area contributed by atoms with Gasteiger partial charge in [-0.25, -0.2) is 14.2 Å². The zero-order valence-electron chi connectivity index (χ0n) is 14.9. The highest BCUT2D eigenvalue weighted by molar-refractivity contribution is 6.30. The second-order valence-corrected chi connectivity index (χ2v) is 7.21. The number of fused-ring (bicyclic) bond motifs is 1. The molecule has 0 radical (unpaired) electrons. The van der Waals surface area contributed by atoms with Crippen LogP contribution < -0.4 is 10.9 Å². The molecule has 0 unspecified atom stereocenters. The zero-order valence-corrected chi connectivity index (χ0v) is 15.7. The minimum absolute atomic E-state index is 0.0472. The van der Waals surface area contributed by atoms with Crippen molar-refractivity contribution in [3.05, 3.63) is 70.0 Å². The van der Waals surface area contributed by atoms with Crippen LogP contribution in [0.2, 0.25) is 5.02 Å². The summed E-state index contributed by atoms with van der Waals surface area (Å²) in [6.45, 7) is 1.05. The molecule has 4 rings (SSSR count). The predicted molar refractivity (Wildman–Crippen MR) is 106 cm³/mol. The molecular formula is C20H18ClFN4O2. The zero-order chi connectivity index (χ0) is 19.7. The number of anilines is 1. The van der Waals surface area contributed by atoms with Gasteiger partial charge in [0.25, 0.3) is 5.56 Å². The molecule has 144 valence electrons.